The van der Waals surface area contributed by atoms with Crippen LogP contribution in [0.15, 0.2) is 33.6 Å². The Morgan fingerprint density at radius 2 is 1.76 bits per heavy atom. The molecule has 1 aliphatic rings. The predicted molar refractivity (Wildman–Crippen MR) is 67.3 cm³/mol. The molecule has 0 spiro atoms. The van der Waals surface area contributed by atoms with E-state index in [1.54, 1.807) is 12.1 Å². The first-order valence-corrected chi connectivity index (χ1v) is 6.92. The minimum atomic E-state index is -3.59. The number of hydrogen-bond acceptors (Lipinski definition) is 3. The third-order valence-electron chi connectivity index (χ3n) is 2.67. The molecule has 1 aliphatic heterocycles. The van der Waals surface area contributed by atoms with E-state index in [0.29, 0.717) is 5.69 Å². The van der Waals surface area contributed by atoms with Crippen LogP contribution in [0, 0.1) is 0 Å². The van der Waals surface area contributed by atoms with Gasteiger partial charge in [-0.05, 0) is 37.1 Å². The summed E-state index contributed by atoms with van der Waals surface area (Å²) in [5, 5.41) is 0. The first kappa shape index (κ1) is 11.9. The largest absolute Gasteiger partial charge is 0.399 e. The fourth-order valence-electron chi connectivity index (χ4n) is 1.69. The number of sulfonamides is 1. The number of nitrogens with zero attached hydrogens (tertiary/aromatic N) is 2. The first-order valence-electron chi connectivity index (χ1n) is 5.48. The zero-order valence-corrected chi connectivity index (χ0v) is 10.2. The molecule has 0 atom stereocenters. The second-order valence-electron chi connectivity index (χ2n) is 4.01. The van der Waals surface area contributed by atoms with E-state index in [1.807, 2.05) is 4.90 Å². The predicted octanol–water partition coefficient (Wildman–Crippen LogP) is 1.08. The minimum Gasteiger partial charge on any atom is -0.399 e. The van der Waals surface area contributed by atoms with E-state index in [-0.39, 0.29) is 4.90 Å². The summed E-state index contributed by atoms with van der Waals surface area (Å²) in [6.07, 6.45) is 3.60. The molecular formula is C11H15N3O2S. The Balaban J connectivity index is 2.15. The van der Waals surface area contributed by atoms with E-state index in [1.165, 1.54) is 18.5 Å². The van der Waals surface area contributed by atoms with E-state index in [0.717, 1.165) is 25.9 Å². The molecule has 1 heterocycles. The number of nitrogen functional groups attached to an aromatic ring is 1. The van der Waals surface area contributed by atoms with Gasteiger partial charge in [0.15, 0.2) is 0 Å². The summed E-state index contributed by atoms with van der Waals surface area (Å²) >= 11 is 0. The third-order valence-corrected chi connectivity index (χ3v) is 3.91. The topological polar surface area (TPSA) is 75.8 Å². The van der Waals surface area contributed by atoms with Crippen molar-refractivity contribution in [1.29, 1.82) is 0 Å². The number of rotatable bonds is 3. The Kier molecular flexibility index (Phi) is 3.33. The molecule has 1 saturated heterocycles. The van der Waals surface area contributed by atoms with Crippen molar-refractivity contribution < 1.29 is 8.42 Å². The molecule has 2 N–H and O–H groups in total. The maximum atomic E-state index is 11.8. The lowest BCUT2D eigenvalue weighted by Gasteiger charge is -2.08. The molecule has 6 heteroatoms. The first-order chi connectivity index (χ1) is 8.08. The van der Waals surface area contributed by atoms with Gasteiger partial charge < -0.3 is 10.6 Å². The van der Waals surface area contributed by atoms with Crippen molar-refractivity contribution in [2.45, 2.75) is 17.7 Å². The fourth-order valence-corrected chi connectivity index (χ4v) is 2.55. The van der Waals surface area contributed by atoms with Crippen molar-refractivity contribution in [1.82, 2.24) is 4.90 Å². The van der Waals surface area contributed by atoms with Crippen molar-refractivity contribution in [3.8, 4) is 0 Å². The van der Waals surface area contributed by atoms with Gasteiger partial charge in [-0.25, -0.2) is 0 Å². The Hall–Kier alpha value is -1.56. The average Bonchev–Trinajstić information content (AvgIpc) is 2.80. The molecule has 17 heavy (non-hydrogen) atoms. The van der Waals surface area contributed by atoms with E-state index in [4.69, 9.17) is 5.73 Å². The SMILES string of the molecule is Nc1ccc(S(=O)(=O)/N=C/N2CCCC2)cc1. The monoisotopic (exact) mass is 253 g/mol. The van der Waals surface area contributed by atoms with Gasteiger partial charge in [0.2, 0.25) is 0 Å². The van der Waals surface area contributed by atoms with Gasteiger partial charge >= 0.3 is 0 Å². The summed E-state index contributed by atoms with van der Waals surface area (Å²) < 4.78 is 27.3. The second-order valence-corrected chi connectivity index (χ2v) is 5.64. The molecule has 0 aromatic heterocycles. The van der Waals surface area contributed by atoms with Crippen molar-refractivity contribution in [3.63, 3.8) is 0 Å². The lowest BCUT2D eigenvalue weighted by Crippen LogP contribution is -2.17. The summed E-state index contributed by atoms with van der Waals surface area (Å²) in [7, 11) is -3.59. The van der Waals surface area contributed by atoms with Crippen molar-refractivity contribution in [2.24, 2.45) is 4.40 Å². The quantitative estimate of drug-likeness (QED) is 0.497. The molecule has 0 unspecified atom stereocenters. The molecule has 1 aromatic carbocycles. The van der Waals surface area contributed by atoms with Gasteiger partial charge in [-0.3, -0.25) is 0 Å². The highest BCUT2D eigenvalue weighted by Gasteiger charge is 2.13. The number of hydrogen-bond donors (Lipinski definition) is 1. The molecule has 0 radical (unpaired) electrons. The molecule has 5 nitrogen and oxygen atoms in total. The maximum absolute atomic E-state index is 11.8. The van der Waals surface area contributed by atoms with Crippen LogP contribution in [0.5, 0.6) is 0 Å². The smallest absolute Gasteiger partial charge is 0.283 e. The number of benzene rings is 1. The molecule has 2 rings (SSSR count). The highest BCUT2D eigenvalue weighted by molar-refractivity contribution is 7.90. The minimum absolute atomic E-state index is 0.169. The number of nitrogens with two attached hydrogens (primary N) is 1. The van der Waals surface area contributed by atoms with E-state index in [9.17, 15) is 8.42 Å². The highest BCUT2D eigenvalue weighted by Crippen LogP contribution is 2.14. The van der Waals surface area contributed by atoms with Gasteiger partial charge in [-0.1, -0.05) is 0 Å². The summed E-state index contributed by atoms with van der Waals surface area (Å²) in [5.74, 6) is 0. The van der Waals surface area contributed by atoms with Crippen LogP contribution in [0.4, 0.5) is 5.69 Å². The van der Waals surface area contributed by atoms with Gasteiger partial charge in [0.05, 0.1) is 4.90 Å². The van der Waals surface area contributed by atoms with Crippen LogP contribution in [0.1, 0.15) is 12.8 Å². The molecule has 0 aliphatic carbocycles. The van der Waals surface area contributed by atoms with E-state index in [2.05, 4.69) is 4.40 Å². The summed E-state index contributed by atoms with van der Waals surface area (Å²) in [5.41, 5.74) is 6.04. The zero-order valence-electron chi connectivity index (χ0n) is 9.41. The maximum Gasteiger partial charge on any atom is 0.283 e. The van der Waals surface area contributed by atoms with Crippen molar-refractivity contribution in [3.05, 3.63) is 24.3 Å². The van der Waals surface area contributed by atoms with E-state index >= 15 is 0 Å². The summed E-state index contributed by atoms with van der Waals surface area (Å²) in [6, 6.07) is 6.04. The Morgan fingerprint density at radius 3 is 2.35 bits per heavy atom. The normalized spacial score (nSPS) is 16.8. The van der Waals surface area contributed by atoms with Crippen molar-refractivity contribution >= 4 is 22.0 Å². The summed E-state index contributed by atoms with van der Waals surface area (Å²) in [6.45, 7) is 1.75. The molecule has 1 fully saturated rings. The highest BCUT2D eigenvalue weighted by atomic mass is 32.2. The molecule has 1 aromatic rings. The third kappa shape index (κ3) is 2.97. The number of likely N-dealkylation sites (tertiary alicyclic amines) is 1. The lowest BCUT2D eigenvalue weighted by molar-refractivity contribution is 0.535. The Morgan fingerprint density at radius 1 is 1.18 bits per heavy atom. The number of anilines is 1. The van der Waals surface area contributed by atoms with Gasteiger partial charge in [-0.15, -0.1) is 4.40 Å². The van der Waals surface area contributed by atoms with Gasteiger partial charge in [0.1, 0.15) is 6.34 Å². The molecule has 0 bridgehead atoms. The fraction of sp³-hybridized carbons (Fsp3) is 0.364. The second kappa shape index (κ2) is 4.75. The van der Waals surface area contributed by atoms with Crippen LogP contribution < -0.4 is 5.73 Å². The van der Waals surface area contributed by atoms with Crippen LogP contribution >= 0.6 is 0 Å². The van der Waals surface area contributed by atoms with Crippen LogP contribution in [0.2, 0.25) is 0 Å². The Bertz CT molecular complexity index is 502. The summed E-state index contributed by atoms with van der Waals surface area (Å²) in [4.78, 5) is 2.08. The standard InChI is InChI=1S/C11H15N3O2S/c12-10-3-5-11(6-4-10)17(15,16)13-9-14-7-1-2-8-14/h3-6,9H,1-2,7-8,12H2/b13-9+. The van der Waals surface area contributed by atoms with Crippen LogP contribution in [0.25, 0.3) is 0 Å². The average molecular weight is 253 g/mol. The Labute approximate surface area is 101 Å². The van der Waals surface area contributed by atoms with Gasteiger partial charge in [-0.2, -0.15) is 8.42 Å². The molecule has 0 amide bonds. The van der Waals surface area contributed by atoms with Crippen LogP contribution in [-0.4, -0.2) is 32.7 Å². The van der Waals surface area contributed by atoms with Crippen molar-refractivity contribution in [2.75, 3.05) is 18.8 Å². The molecule has 0 saturated carbocycles. The van der Waals surface area contributed by atoms with Gasteiger partial charge in [0.25, 0.3) is 10.0 Å². The van der Waals surface area contributed by atoms with Crippen LogP contribution in [-0.2, 0) is 10.0 Å². The van der Waals surface area contributed by atoms with Gasteiger partial charge in [0, 0.05) is 18.8 Å². The van der Waals surface area contributed by atoms with E-state index < -0.39 is 10.0 Å². The lowest BCUT2D eigenvalue weighted by atomic mass is 10.3. The molecular weight excluding hydrogens is 238 g/mol. The van der Waals surface area contributed by atoms with Crippen LogP contribution in [0.3, 0.4) is 0 Å². The molecule has 92 valence electrons. The zero-order chi connectivity index (χ0) is 12.3.